The van der Waals surface area contributed by atoms with Gasteiger partial charge in [-0.15, -0.1) is 46.2 Å². The minimum absolute atomic E-state index is 0.00391. The number of β-lactam (4-membered cyclic amide) rings is 1. The van der Waals surface area contributed by atoms with Gasteiger partial charge in [0.1, 0.15) is 22.8 Å². The largest absolute Gasteiger partial charge is 0.504 e. The number of rotatable bonds is 10. The molecule has 0 saturated carbocycles. The van der Waals surface area contributed by atoms with Gasteiger partial charge in [0.05, 0.1) is 13.4 Å². The molecule has 0 bridgehead atoms. The molecule has 20 heteroatoms. The maximum absolute atomic E-state index is 13.1. The molecule has 1 aromatic carbocycles. The molecule has 0 aliphatic carbocycles. The number of aromatic nitrogens is 1. The van der Waals surface area contributed by atoms with Crippen LogP contribution in [0.1, 0.15) is 5.69 Å². The third kappa shape index (κ3) is 6.07. The minimum Gasteiger partial charge on any atom is -0.504 e. The molecule has 230 valence electrons. The number of hydrogen-bond donors (Lipinski definition) is 6. The Hall–Kier alpha value is -3.85. The predicted molar refractivity (Wildman–Crippen MR) is 166 cm³/mol. The molecule has 4 heterocycles. The number of aromatic hydroxyl groups is 2. The molecule has 2 atom stereocenters. The van der Waals surface area contributed by atoms with Crippen LogP contribution in [0.5, 0.6) is 11.5 Å². The van der Waals surface area contributed by atoms with Crippen LogP contribution in [0, 0.1) is 0 Å². The van der Waals surface area contributed by atoms with Crippen LogP contribution in [0.4, 0.5) is 5.13 Å². The number of aliphatic carboxylic acids is 2. The second-order valence-corrected chi connectivity index (χ2v) is 14.1. The van der Waals surface area contributed by atoms with Crippen molar-refractivity contribution in [2.45, 2.75) is 15.6 Å². The van der Waals surface area contributed by atoms with Crippen LogP contribution < -0.4 is 16.5 Å². The number of oxime groups is 1. The number of thiazole rings is 1. The van der Waals surface area contributed by atoms with Crippen LogP contribution in [0.15, 0.2) is 47.4 Å². The smallest absolute Gasteiger partial charge is 0.352 e. The van der Waals surface area contributed by atoms with Gasteiger partial charge in [0.15, 0.2) is 27.8 Å². The Balaban J connectivity index is 1.34. The fourth-order valence-electron chi connectivity index (χ4n) is 4.19. The Labute approximate surface area is 270 Å². The van der Waals surface area contributed by atoms with E-state index in [1.54, 1.807) is 0 Å². The van der Waals surface area contributed by atoms with Gasteiger partial charge >= 0.3 is 11.9 Å². The number of nitrogen functional groups attached to an aromatic ring is 1. The van der Waals surface area contributed by atoms with Crippen LogP contribution in [-0.2, 0) is 24.0 Å². The van der Waals surface area contributed by atoms with E-state index in [1.165, 1.54) is 41.0 Å². The van der Waals surface area contributed by atoms with Crippen molar-refractivity contribution in [2.24, 2.45) is 5.16 Å². The highest BCUT2D eigenvalue weighted by Gasteiger charge is 2.54. The number of carbonyl (C=O) groups is 4. The summed E-state index contributed by atoms with van der Waals surface area (Å²) in [5.74, 6) is -4.82. The number of anilines is 1. The molecule has 2 aliphatic rings. The zero-order valence-corrected chi connectivity index (χ0v) is 26.5. The van der Waals surface area contributed by atoms with Gasteiger partial charge in [0.2, 0.25) is 6.61 Å². The zero-order chi connectivity index (χ0) is 31.9. The van der Waals surface area contributed by atoms with E-state index in [0.717, 1.165) is 27.6 Å². The first-order valence-corrected chi connectivity index (χ1v) is 16.5. The summed E-state index contributed by atoms with van der Waals surface area (Å²) in [5, 5.41) is 45.7. The molecule has 1 fully saturated rings. The summed E-state index contributed by atoms with van der Waals surface area (Å²) in [4.78, 5) is 71.7. The lowest BCUT2D eigenvalue weighted by atomic mass is 10.0. The average Bonchev–Trinajstić information content (AvgIpc) is 3.41. The molecular weight excluding hydrogens is 726 g/mol. The first-order valence-electron chi connectivity index (χ1n) is 12.0. The lowest BCUT2D eigenvalue weighted by Gasteiger charge is -2.49. The van der Waals surface area contributed by atoms with Crippen LogP contribution in [-0.4, -0.2) is 89.3 Å². The predicted octanol–water partition coefficient (Wildman–Crippen LogP) is 1.81. The first kappa shape index (κ1) is 31.6. The summed E-state index contributed by atoms with van der Waals surface area (Å²) in [6, 6.07) is 1.39. The molecule has 7 N–H and O–H groups in total. The summed E-state index contributed by atoms with van der Waals surface area (Å²) in [7, 11) is 0. The van der Waals surface area contributed by atoms with Crippen molar-refractivity contribution in [1.82, 2.24) is 15.2 Å². The van der Waals surface area contributed by atoms with Gasteiger partial charge in [-0.3, -0.25) is 19.3 Å². The molecule has 2 aliphatic heterocycles. The third-order valence-corrected chi connectivity index (χ3v) is 11.6. The summed E-state index contributed by atoms with van der Waals surface area (Å²) in [6.07, 6.45) is 0. The average molecular weight is 745 g/mol. The number of amides is 2. The van der Waals surface area contributed by atoms with Crippen molar-refractivity contribution in [1.29, 1.82) is 0 Å². The Morgan fingerprint density at radius 3 is 2.66 bits per heavy atom. The number of carboxylic acid groups (broad SMARTS) is 2. The molecule has 0 spiro atoms. The van der Waals surface area contributed by atoms with Crippen molar-refractivity contribution in [3.8, 4) is 11.5 Å². The summed E-state index contributed by atoms with van der Waals surface area (Å²) < 4.78 is 1.06. The monoisotopic (exact) mass is 743 g/mol. The van der Waals surface area contributed by atoms with Gasteiger partial charge in [-0.05, 0) is 27.6 Å². The SMILES string of the molecule is Nc1nc(/C(=N/OCC(=O)O)C(=O)N[C@@H]2C(=O)N3C(C(=O)O)=C(CSc4cc(=O)c5cc(O)c(O)c(Br)c5s4)CS[C@@H]23)cs1. The number of nitrogens with zero attached hydrogens (tertiary/aromatic N) is 3. The quantitative estimate of drug-likeness (QED) is 0.0571. The van der Waals surface area contributed by atoms with Gasteiger partial charge in [0, 0.05) is 28.3 Å². The lowest BCUT2D eigenvalue weighted by Crippen LogP contribution is -2.71. The highest BCUT2D eigenvalue weighted by molar-refractivity contribution is 9.10. The van der Waals surface area contributed by atoms with E-state index in [2.05, 4.69) is 31.4 Å². The summed E-state index contributed by atoms with van der Waals surface area (Å²) in [5.41, 5.74) is 4.98. The van der Waals surface area contributed by atoms with Crippen molar-refractivity contribution >= 4 is 107 Å². The lowest BCUT2D eigenvalue weighted by molar-refractivity contribution is -0.150. The fourth-order valence-corrected chi connectivity index (χ4v) is 9.11. The molecular formula is C24H18BrN5O10S4. The normalized spacial score (nSPS) is 18.2. The van der Waals surface area contributed by atoms with Crippen molar-refractivity contribution < 1.29 is 44.4 Å². The Kier molecular flexibility index (Phi) is 9.07. The number of nitrogens with two attached hydrogens (primary N) is 1. The number of nitrogens with one attached hydrogen (secondary N) is 1. The Morgan fingerprint density at radius 2 is 2.00 bits per heavy atom. The number of halogens is 1. The maximum Gasteiger partial charge on any atom is 0.352 e. The van der Waals surface area contributed by atoms with Crippen LogP contribution in [0.2, 0.25) is 0 Å². The minimum atomic E-state index is -1.35. The van der Waals surface area contributed by atoms with Gasteiger partial charge < -0.3 is 36.3 Å². The van der Waals surface area contributed by atoms with Crippen molar-refractivity contribution in [3.05, 3.63) is 49.2 Å². The molecule has 0 radical (unpaired) electrons. The molecule has 5 rings (SSSR count). The first-order chi connectivity index (χ1) is 20.9. The van der Waals surface area contributed by atoms with Crippen molar-refractivity contribution in [2.75, 3.05) is 23.8 Å². The molecule has 44 heavy (non-hydrogen) atoms. The molecule has 0 unspecified atom stereocenters. The number of phenolic OH excluding ortho intramolecular Hbond substituents is 2. The summed E-state index contributed by atoms with van der Waals surface area (Å²) >= 11 is 7.74. The van der Waals surface area contributed by atoms with E-state index in [9.17, 15) is 39.3 Å². The number of benzene rings is 1. The second-order valence-electron chi connectivity index (χ2n) is 8.95. The number of thioether (sulfide) groups is 2. The van der Waals surface area contributed by atoms with E-state index in [-0.39, 0.29) is 37.9 Å². The van der Waals surface area contributed by atoms with E-state index in [4.69, 9.17) is 15.7 Å². The van der Waals surface area contributed by atoms with Gasteiger partial charge in [-0.2, -0.15) is 0 Å². The standard InChI is InChI=1S/C24H18BrN5O10S4/c25-14-18(35)11(32)1-8-10(31)2-13(44-19(8)14)41-4-7-5-42-22-16(21(37)30(22)17(7)23(38)39)28-20(36)15(29-40-3-12(33)34)9-6-43-24(26)27-9/h1-2,6,16,22,32,35H,3-5H2,(H2,26,27)(H,28,36)(H,33,34)(H,38,39)/b29-15-/t16-,22+/m1/s1. The molecule has 3 aromatic rings. The van der Waals surface area contributed by atoms with E-state index in [0.29, 0.717) is 14.5 Å². The summed E-state index contributed by atoms with van der Waals surface area (Å²) in [6.45, 7) is -0.835. The number of carboxylic acids is 2. The van der Waals surface area contributed by atoms with E-state index in [1.807, 2.05) is 0 Å². The fraction of sp³-hybridized carbons (Fsp3) is 0.208. The van der Waals surface area contributed by atoms with Gasteiger partial charge in [-0.25, -0.2) is 14.6 Å². The van der Waals surface area contributed by atoms with Gasteiger partial charge in [0.25, 0.3) is 11.8 Å². The second kappa shape index (κ2) is 12.6. The topological polar surface area (TPSA) is 242 Å². The van der Waals surface area contributed by atoms with Gasteiger partial charge in [-0.1, -0.05) is 5.16 Å². The Morgan fingerprint density at radius 1 is 1.25 bits per heavy atom. The van der Waals surface area contributed by atoms with Crippen LogP contribution in [0.25, 0.3) is 10.1 Å². The molecule has 1 saturated heterocycles. The maximum atomic E-state index is 13.1. The molecule has 15 nitrogen and oxygen atoms in total. The Bertz CT molecular complexity index is 1860. The van der Waals surface area contributed by atoms with Crippen molar-refractivity contribution in [3.63, 3.8) is 0 Å². The van der Waals surface area contributed by atoms with Crippen LogP contribution in [0.3, 0.4) is 0 Å². The third-order valence-electron chi connectivity index (χ3n) is 6.14. The number of phenols is 2. The number of hydrogen-bond acceptors (Lipinski definition) is 15. The van der Waals surface area contributed by atoms with E-state index >= 15 is 0 Å². The number of fused-ring (bicyclic) bond motifs is 2. The van der Waals surface area contributed by atoms with Crippen LogP contribution >= 0.6 is 62.1 Å². The highest BCUT2D eigenvalue weighted by atomic mass is 79.9. The highest BCUT2D eigenvalue weighted by Crippen LogP contribution is 2.44. The number of carbonyl (C=O) groups excluding carboxylic acids is 2. The van der Waals surface area contributed by atoms with E-state index < -0.39 is 64.4 Å². The zero-order valence-electron chi connectivity index (χ0n) is 21.7. The molecule has 2 amide bonds. The molecule has 2 aromatic heterocycles.